The Bertz CT molecular complexity index is 509. The van der Waals surface area contributed by atoms with Crippen LogP contribution in [0.1, 0.15) is 38.8 Å². The molecule has 0 spiro atoms. The number of benzene rings is 1. The highest BCUT2D eigenvalue weighted by molar-refractivity contribution is 6.22. The number of rotatable bonds is 0. The van der Waals surface area contributed by atoms with Crippen molar-refractivity contribution in [2.45, 2.75) is 33.1 Å². The maximum absolute atomic E-state index is 5.95. The Morgan fingerprint density at radius 2 is 1.94 bits per heavy atom. The van der Waals surface area contributed by atoms with Crippen LogP contribution in [0.3, 0.4) is 0 Å². The van der Waals surface area contributed by atoms with Crippen molar-refractivity contribution < 1.29 is 0 Å². The van der Waals surface area contributed by atoms with Crippen LogP contribution >= 0.6 is 0 Å². The zero-order valence-corrected chi connectivity index (χ0v) is 10.9. The van der Waals surface area contributed by atoms with E-state index in [1.807, 2.05) is 19.1 Å². The first-order valence-electron chi connectivity index (χ1n) is 5.75. The van der Waals surface area contributed by atoms with Gasteiger partial charge in [-0.3, -0.25) is 0 Å². The van der Waals surface area contributed by atoms with E-state index in [0.29, 0.717) is 0 Å². The SMILES string of the molecule is [B]N1C(=C)c2c(cccc2C(C)(C)C)N=C1C. The van der Waals surface area contributed by atoms with Gasteiger partial charge in [0, 0.05) is 11.3 Å². The number of aliphatic imine (C=N–C) groups is 1. The average Bonchev–Trinajstić information content (AvgIpc) is 2.24. The minimum absolute atomic E-state index is 0.0515. The van der Waals surface area contributed by atoms with Gasteiger partial charge in [0.25, 0.3) is 0 Å². The molecule has 0 bridgehead atoms. The first kappa shape index (κ1) is 12.0. The van der Waals surface area contributed by atoms with E-state index in [-0.39, 0.29) is 5.41 Å². The van der Waals surface area contributed by atoms with E-state index in [2.05, 4.69) is 38.4 Å². The molecule has 2 nitrogen and oxygen atoms in total. The molecule has 0 atom stereocenters. The summed E-state index contributed by atoms with van der Waals surface area (Å²) in [4.78, 5) is 6.06. The fraction of sp³-hybridized carbons (Fsp3) is 0.357. The number of amidine groups is 1. The summed E-state index contributed by atoms with van der Waals surface area (Å²) >= 11 is 0. The van der Waals surface area contributed by atoms with E-state index in [9.17, 15) is 0 Å². The third kappa shape index (κ3) is 1.90. The lowest BCUT2D eigenvalue weighted by molar-refractivity contribution is 0.587. The molecule has 0 saturated heterocycles. The third-order valence-electron chi connectivity index (χ3n) is 3.06. The van der Waals surface area contributed by atoms with Crippen molar-refractivity contribution in [3.8, 4) is 0 Å². The van der Waals surface area contributed by atoms with E-state index in [1.54, 1.807) is 4.81 Å². The molecule has 1 aromatic rings. The van der Waals surface area contributed by atoms with Crippen LogP contribution in [0.5, 0.6) is 0 Å². The van der Waals surface area contributed by atoms with Gasteiger partial charge in [0.1, 0.15) is 0 Å². The highest BCUT2D eigenvalue weighted by Gasteiger charge is 2.25. The average molecular weight is 224 g/mol. The van der Waals surface area contributed by atoms with Crippen LogP contribution in [0.25, 0.3) is 5.70 Å². The maximum Gasteiger partial charge on any atom is 0.236 e. The molecule has 17 heavy (non-hydrogen) atoms. The Kier molecular flexibility index (Phi) is 2.65. The minimum Gasteiger partial charge on any atom is -0.387 e. The molecule has 1 aliphatic heterocycles. The first-order valence-corrected chi connectivity index (χ1v) is 5.75. The van der Waals surface area contributed by atoms with Crippen LogP contribution in [0.15, 0.2) is 29.8 Å². The second-order valence-corrected chi connectivity index (χ2v) is 5.43. The largest absolute Gasteiger partial charge is 0.387 e. The molecule has 1 heterocycles. The maximum atomic E-state index is 5.95. The third-order valence-corrected chi connectivity index (χ3v) is 3.06. The summed E-state index contributed by atoms with van der Waals surface area (Å²) in [5.74, 6) is 0.772. The fourth-order valence-corrected chi connectivity index (χ4v) is 2.11. The zero-order valence-electron chi connectivity index (χ0n) is 10.9. The van der Waals surface area contributed by atoms with Gasteiger partial charge in [-0.15, -0.1) is 0 Å². The van der Waals surface area contributed by atoms with Gasteiger partial charge in [-0.2, -0.15) is 0 Å². The highest BCUT2D eigenvalue weighted by Crippen LogP contribution is 2.39. The minimum atomic E-state index is 0.0515. The van der Waals surface area contributed by atoms with Crippen LogP contribution in [-0.4, -0.2) is 18.6 Å². The van der Waals surface area contributed by atoms with Crippen LogP contribution in [0, 0.1) is 0 Å². The normalized spacial score (nSPS) is 15.6. The van der Waals surface area contributed by atoms with Crippen molar-refractivity contribution >= 4 is 25.2 Å². The van der Waals surface area contributed by atoms with Gasteiger partial charge in [-0.25, -0.2) is 4.99 Å². The summed E-state index contributed by atoms with van der Waals surface area (Å²) in [6, 6.07) is 6.16. The van der Waals surface area contributed by atoms with E-state index in [0.717, 1.165) is 22.8 Å². The summed E-state index contributed by atoms with van der Waals surface area (Å²) in [6.07, 6.45) is 0. The van der Waals surface area contributed by atoms with Gasteiger partial charge in [0.05, 0.1) is 11.5 Å². The Morgan fingerprint density at radius 3 is 2.53 bits per heavy atom. The van der Waals surface area contributed by atoms with E-state index in [4.69, 9.17) is 7.98 Å². The summed E-state index contributed by atoms with van der Waals surface area (Å²) in [6.45, 7) is 12.5. The molecule has 86 valence electrons. The Balaban J connectivity index is 2.72. The van der Waals surface area contributed by atoms with Crippen LogP contribution in [0.2, 0.25) is 0 Å². The Hall–Kier alpha value is -1.51. The second kappa shape index (κ2) is 3.76. The topological polar surface area (TPSA) is 15.6 Å². The van der Waals surface area contributed by atoms with E-state index in [1.165, 1.54) is 5.56 Å². The lowest BCUT2D eigenvalue weighted by atomic mass is 9.81. The van der Waals surface area contributed by atoms with Gasteiger partial charge in [-0.05, 0) is 24.0 Å². The summed E-state index contributed by atoms with van der Waals surface area (Å²) in [5.41, 5.74) is 4.12. The van der Waals surface area contributed by atoms with E-state index >= 15 is 0 Å². The zero-order chi connectivity index (χ0) is 12.8. The molecular formula is C14H17BN2. The van der Waals surface area contributed by atoms with Crippen molar-refractivity contribution in [3.63, 3.8) is 0 Å². The summed E-state index contributed by atoms with van der Waals surface area (Å²) < 4.78 is 0. The molecule has 0 aromatic heterocycles. The van der Waals surface area contributed by atoms with Crippen LogP contribution in [-0.2, 0) is 5.41 Å². The summed E-state index contributed by atoms with van der Waals surface area (Å²) in [7, 11) is 5.95. The van der Waals surface area contributed by atoms with Crippen molar-refractivity contribution in [2.75, 3.05) is 0 Å². The first-order chi connectivity index (χ1) is 7.82. The predicted octanol–water partition coefficient (Wildman–Crippen LogP) is 3.40. The predicted molar refractivity (Wildman–Crippen MR) is 74.5 cm³/mol. The van der Waals surface area contributed by atoms with Gasteiger partial charge >= 0.3 is 0 Å². The molecule has 0 amide bonds. The van der Waals surface area contributed by atoms with Gasteiger partial charge in [-0.1, -0.05) is 39.5 Å². The molecule has 1 aromatic carbocycles. The Labute approximate surface area is 104 Å². The highest BCUT2D eigenvalue weighted by atomic mass is 15.1. The molecule has 3 heteroatoms. The van der Waals surface area contributed by atoms with Crippen LogP contribution in [0.4, 0.5) is 5.69 Å². The van der Waals surface area contributed by atoms with Gasteiger partial charge in [0.2, 0.25) is 7.98 Å². The standard InChI is InChI=1S/C14H17BN2/c1-9-13-11(14(3,4)5)7-6-8-12(13)16-10(2)17(9)15/h6-8H,1H2,2-5H3. The molecule has 0 N–H and O–H groups in total. The molecule has 0 fully saturated rings. The molecule has 2 radical (unpaired) electrons. The lowest BCUT2D eigenvalue weighted by Crippen LogP contribution is -2.28. The van der Waals surface area contributed by atoms with E-state index < -0.39 is 0 Å². The molecule has 0 unspecified atom stereocenters. The molecule has 0 aliphatic carbocycles. The number of hydrogen-bond acceptors (Lipinski definition) is 2. The smallest absolute Gasteiger partial charge is 0.236 e. The van der Waals surface area contributed by atoms with Crippen molar-refractivity contribution in [3.05, 3.63) is 35.9 Å². The molecular weight excluding hydrogens is 207 g/mol. The van der Waals surface area contributed by atoms with Gasteiger partial charge < -0.3 is 4.81 Å². The van der Waals surface area contributed by atoms with Gasteiger partial charge in [0.15, 0.2) is 0 Å². The quantitative estimate of drug-likeness (QED) is 0.616. The number of hydrogen-bond donors (Lipinski definition) is 0. The molecule has 2 rings (SSSR count). The molecule has 1 aliphatic rings. The number of fused-ring (bicyclic) bond motifs is 1. The van der Waals surface area contributed by atoms with Crippen molar-refractivity contribution in [1.29, 1.82) is 0 Å². The monoisotopic (exact) mass is 224 g/mol. The second-order valence-electron chi connectivity index (χ2n) is 5.43. The molecule has 0 saturated carbocycles. The summed E-state index contributed by atoms with van der Waals surface area (Å²) in [5, 5.41) is 0. The van der Waals surface area contributed by atoms with Crippen molar-refractivity contribution in [1.82, 2.24) is 4.81 Å². The Morgan fingerprint density at radius 1 is 1.29 bits per heavy atom. The lowest BCUT2D eigenvalue weighted by Gasteiger charge is -2.33. The van der Waals surface area contributed by atoms with Crippen LogP contribution < -0.4 is 0 Å². The number of nitrogens with zero attached hydrogens (tertiary/aromatic N) is 2. The fourth-order valence-electron chi connectivity index (χ4n) is 2.11. The van der Waals surface area contributed by atoms with Crippen molar-refractivity contribution in [2.24, 2.45) is 4.99 Å².